The van der Waals surface area contributed by atoms with E-state index in [9.17, 15) is 22.4 Å². The molecule has 9 heteroatoms. The third-order valence-corrected chi connectivity index (χ3v) is 6.05. The van der Waals surface area contributed by atoms with Crippen molar-refractivity contribution in [1.82, 2.24) is 4.31 Å². The lowest BCUT2D eigenvalue weighted by Crippen LogP contribution is -2.33. The minimum Gasteiger partial charge on any atom is -0.463 e. The van der Waals surface area contributed by atoms with Crippen LogP contribution in [0, 0.1) is 5.82 Å². The van der Waals surface area contributed by atoms with E-state index in [1.165, 1.54) is 36.4 Å². The lowest BCUT2D eigenvalue weighted by Gasteiger charge is -2.15. The molecule has 2 aromatic carbocycles. The molecule has 1 heterocycles. The maximum atomic E-state index is 13.7. The molecule has 0 fully saturated rings. The molecule has 0 spiro atoms. The summed E-state index contributed by atoms with van der Waals surface area (Å²) in [6.07, 6.45) is -0.396. The lowest BCUT2D eigenvalue weighted by molar-refractivity contribution is -0.142. The summed E-state index contributed by atoms with van der Waals surface area (Å²) in [5, 5.41) is 0.0923. The first-order valence-corrected chi connectivity index (χ1v) is 9.39. The van der Waals surface area contributed by atoms with Gasteiger partial charge in [-0.25, -0.2) is 17.1 Å². The number of rotatable bonds is 5. The quantitative estimate of drug-likeness (QED) is 0.724. The highest BCUT2D eigenvalue weighted by Gasteiger charge is 2.40. The first-order valence-electron chi connectivity index (χ1n) is 7.57. The zero-order valence-corrected chi connectivity index (χ0v) is 14.9. The fourth-order valence-electron chi connectivity index (χ4n) is 2.59. The molecule has 1 aliphatic rings. The summed E-state index contributed by atoms with van der Waals surface area (Å²) in [5.41, 5.74) is 0.0772. The van der Waals surface area contributed by atoms with Crippen LogP contribution in [0.5, 0.6) is 0 Å². The number of benzene rings is 2. The molecule has 26 heavy (non-hydrogen) atoms. The van der Waals surface area contributed by atoms with Crippen LogP contribution in [0.25, 0.3) is 0 Å². The standard InChI is InChI=1S/C17H13ClFNO5S/c18-13-5-3-6-14(19)12(13)10-16(21)25-9-8-20-17(22)11-4-1-2-7-15(11)26(20,23)24/h1-7H,8-10H2. The summed E-state index contributed by atoms with van der Waals surface area (Å²) in [4.78, 5) is 24.0. The van der Waals surface area contributed by atoms with Gasteiger partial charge in [0.15, 0.2) is 0 Å². The predicted molar refractivity (Wildman–Crippen MR) is 90.7 cm³/mol. The number of carbonyl (C=O) groups excluding carboxylic acids is 2. The second-order valence-electron chi connectivity index (χ2n) is 5.48. The van der Waals surface area contributed by atoms with E-state index in [0.29, 0.717) is 4.31 Å². The highest BCUT2D eigenvalue weighted by atomic mass is 35.5. The van der Waals surface area contributed by atoms with Crippen molar-refractivity contribution < 1.29 is 27.1 Å². The molecule has 0 radical (unpaired) electrons. The summed E-state index contributed by atoms with van der Waals surface area (Å²) < 4.78 is 43.9. The molecule has 1 aliphatic heterocycles. The van der Waals surface area contributed by atoms with Crippen LogP contribution in [-0.2, 0) is 26.0 Å². The molecule has 1 amide bonds. The Bertz CT molecular complexity index is 972. The Kier molecular flexibility index (Phi) is 4.97. The predicted octanol–water partition coefficient (Wildman–Crippen LogP) is 2.41. The number of sulfonamides is 1. The second-order valence-corrected chi connectivity index (χ2v) is 7.71. The van der Waals surface area contributed by atoms with E-state index in [4.69, 9.17) is 16.3 Å². The fourth-order valence-corrected chi connectivity index (χ4v) is 4.37. The number of halogens is 2. The molecule has 0 atom stereocenters. The van der Waals surface area contributed by atoms with Crippen molar-refractivity contribution in [3.63, 3.8) is 0 Å². The minimum absolute atomic E-state index is 0.00329. The third kappa shape index (κ3) is 3.30. The Morgan fingerprint density at radius 2 is 1.88 bits per heavy atom. The molecule has 0 saturated carbocycles. The van der Waals surface area contributed by atoms with Crippen molar-refractivity contribution in [2.24, 2.45) is 0 Å². The molecule has 0 saturated heterocycles. The van der Waals surface area contributed by atoms with Crippen LogP contribution in [0.15, 0.2) is 47.4 Å². The maximum absolute atomic E-state index is 13.7. The van der Waals surface area contributed by atoms with E-state index in [1.807, 2.05) is 0 Å². The number of esters is 1. The van der Waals surface area contributed by atoms with E-state index < -0.39 is 34.1 Å². The van der Waals surface area contributed by atoms with Crippen LogP contribution < -0.4 is 0 Å². The Hall–Kier alpha value is -2.45. The number of carbonyl (C=O) groups is 2. The molecular formula is C17H13ClFNO5S. The van der Waals surface area contributed by atoms with E-state index in [-0.39, 0.29) is 34.2 Å². The van der Waals surface area contributed by atoms with Crippen molar-refractivity contribution >= 4 is 33.5 Å². The highest BCUT2D eigenvalue weighted by Crippen LogP contribution is 2.29. The molecular weight excluding hydrogens is 385 g/mol. The first-order chi connectivity index (χ1) is 12.3. The highest BCUT2D eigenvalue weighted by molar-refractivity contribution is 7.90. The summed E-state index contributed by atoms with van der Waals surface area (Å²) in [5.74, 6) is -2.09. The number of nitrogens with zero attached hydrogens (tertiary/aromatic N) is 1. The van der Waals surface area contributed by atoms with Crippen molar-refractivity contribution in [2.75, 3.05) is 13.2 Å². The zero-order valence-electron chi connectivity index (χ0n) is 13.3. The van der Waals surface area contributed by atoms with Crippen LogP contribution in [-0.4, -0.2) is 37.8 Å². The van der Waals surface area contributed by atoms with Gasteiger partial charge in [-0.3, -0.25) is 9.59 Å². The van der Waals surface area contributed by atoms with E-state index in [0.717, 1.165) is 0 Å². The average Bonchev–Trinajstić information content (AvgIpc) is 2.79. The van der Waals surface area contributed by atoms with Gasteiger partial charge in [0.25, 0.3) is 15.9 Å². The maximum Gasteiger partial charge on any atom is 0.310 e. The summed E-state index contributed by atoms with van der Waals surface area (Å²) in [7, 11) is -3.95. The van der Waals surface area contributed by atoms with Gasteiger partial charge in [0.1, 0.15) is 17.3 Å². The molecule has 6 nitrogen and oxygen atoms in total. The average molecular weight is 398 g/mol. The topological polar surface area (TPSA) is 80.8 Å². The Morgan fingerprint density at radius 1 is 1.15 bits per heavy atom. The summed E-state index contributed by atoms with van der Waals surface area (Å²) >= 11 is 5.84. The monoisotopic (exact) mass is 397 g/mol. The van der Waals surface area contributed by atoms with Crippen LogP contribution in [0.3, 0.4) is 0 Å². The van der Waals surface area contributed by atoms with Gasteiger partial charge < -0.3 is 4.74 Å². The zero-order chi connectivity index (χ0) is 18.9. The first kappa shape index (κ1) is 18.3. The molecule has 0 N–H and O–H groups in total. The Morgan fingerprint density at radius 3 is 2.58 bits per heavy atom. The number of amides is 1. The fraction of sp³-hybridized carbons (Fsp3) is 0.176. The van der Waals surface area contributed by atoms with Gasteiger partial charge in [-0.05, 0) is 24.3 Å². The van der Waals surface area contributed by atoms with Crippen LogP contribution in [0.2, 0.25) is 5.02 Å². The lowest BCUT2D eigenvalue weighted by atomic mass is 10.1. The van der Waals surface area contributed by atoms with Gasteiger partial charge in [0, 0.05) is 10.6 Å². The van der Waals surface area contributed by atoms with Gasteiger partial charge in [-0.15, -0.1) is 0 Å². The van der Waals surface area contributed by atoms with E-state index >= 15 is 0 Å². The summed E-state index contributed by atoms with van der Waals surface area (Å²) in [6.45, 7) is -0.670. The SMILES string of the molecule is O=C(Cc1c(F)cccc1Cl)OCCN1C(=O)c2ccccc2S1(=O)=O. The Balaban J connectivity index is 1.62. The largest absolute Gasteiger partial charge is 0.463 e. The molecule has 2 aromatic rings. The second kappa shape index (κ2) is 7.05. The van der Waals surface area contributed by atoms with Crippen molar-refractivity contribution in [3.05, 3.63) is 64.4 Å². The van der Waals surface area contributed by atoms with Crippen molar-refractivity contribution in [1.29, 1.82) is 0 Å². The van der Waals surface area contributed by atoms with E-state index in [2.05, 4.69) is 0 Å². The molecule has 3 rings (SSSR count). The van der Waals surface area contributed by atoms with Crippen LogP contribution in [0.4, 0.5) is 4.39 Å². The molecule has 0 aromatic heterocycles. The van der Waals surface area contributed by atoms with Gasteiger partial charge >= 0.3 is 5.97 Å². The van der Waals surface area contributed by atoms with Gasteiger partial charge in [-0.1, -0.05) is 29.8 Å². The van der Waals surface area contributed by atoms with Crippen LogP contribution >= 0.6 is 11.6 Å². The molecule has 0 unspecified atom stereocenters. The normalized spacial score (nSPS) is 15.0. The Labute approximate surface area is 154 Å². The molecule has 0 aliphatic carbocycles. The van der Waals surface area contributed by atoms with Crippen molar-refractivity contribution in [2.45, 2.75) is 11.3 Å². The van der Waals surface area contributed by atoms with Gasteiger partial charge in [0.05, 0.1) is 18.5 Å². The van der Waals surface area contributed by atoms with Crippen molar-refractivity contribution in [3.8, 4) is 0 Å². The van der Waals surface area contributed by atoms with Crippen LogP contribution in [0.1, 0.15) is 15.9 Å². The minimum atomic E-state index is -3.95. The van der Waals surface area contributed by atoms with Gasteiger partial charge in [-0.2, -0.15) is 0 Å². The number of ether oxygens (including phenoxy) is 1. The summed E-state index contributed by atoms with van der Waals surface area (Å²) in [6, 6.07) is 9.87. The molecule has 136 valence electrons. The third-order valence-electron chi connectivity index (χ3n) is 3.85. The number of fused-ring (bicyclic) bond motifs is 1. The molecule has 0 bridgehead atoms. The number of hydrogen-bond donors (Lipinski definition) is 0. The number of hydrogen-bond acceptors (Lipinski definition) is 5. The van der Waals surface area contributed by atoms with Gasteiger partial charge in [0.2, 0.25) is 0 Å². The van der Waals surface area contributed by atoms with E-state index in [1.54, 1.807) is 6.07 Å². The smallest absolute Gasteiger partial charge is 0.310 e.